The zero-order valence-corrected chi connectivity index (χ0v) is 10.7. The largest absolute Gasteiger partial charge is 0.384 e. The van der Waals surface area contributed by atoms with Gasteiger partial charge in [0.15, 0.2) is 0 Å². The summed E-state index contributed by atoms with van der Waals surface area (Å²) >= 11 is 0. The molecule has 17 heavy (non-hydrogen) atoms. The summed E-state index contributed by atoms with van der Waals surface area (Å²) < 4.78 is 0. The highest BCUT2D eigenvalue weighted by Crippen LogP contribution is 2.19. The Balaban J connectivity index is 1.89. The molecule has 94 valence electrons. The van der Waals surface area contributed by atoms with Crippen LogP contribution >= 0.6 is 0 Å². The number of hydrogen-bond donors (Lipinski definition) is 2. The Kier molecular flexibility index (Phi) is 3.82. The molecule has 0 aromatic heterocycles. The van der Waals surface area contributed by atoms with Crippen molar-refractivity contribution >= 4 is 0 Å². The van der Waals surface area contributed by atoms with Crippen LogP contribution in [0.2, 0.25) is 0 Å². The summed E-state index contributed by atoms with van der Waals surface area (Å²) in [7, 11) is 2.14. The van der Waals surface area contributed by atoms with Crippen molar-refractivity contribution in [2.75, 3.05) is 26.7 Å². The second-order valence-corrected chi connectivity index (χ2v) is 5.27. The summed E-state index contributed by atoms with van der Waals surface area (Å²) in [6.07, 6.45) is 1.17. The minimum Gasteiger partial charge on any atom is -0.384 e. The van der Waals surface area contributed by atoms with Crippen LogP contribution in [-0.4, -0.2) is 42.7 Å². The molecule has 0 aliphatic carbocycles. The number of likely N-dealkylation sites (N-methyl/N-ethyl adjacent to an activating group) is 1. The van der Waals surface area contributed by atoms with Crippen LogP contribution in [0.1, 0.15) is 18.9 Å². The van der Waals surface area contributed by atoms with Crippen LogP contribution in [-0.2, 0) is 5.60 Å². The quantitative estimate of drug-likeness (QED) is 0.821. The van der Waals surface area contributed by atoms with Crippen molar-refractivity contribution in [3.8, 4) is 0 Å². The molecule has 3 heteroatoms. The third-order valence-electron chi connectivity index (χ3n) is 3.52. The van der Waals surface area contributed by atoms with Crippen LogP contribution in [0.15, 0.2) is 30.3 Å². The molecule has 0 bridgehead atoms. The molecule has 0 spiro atoms. The molecule has 1 saturated heterocycles. The highest BCUT2D eigenvalue weighted by Gasteiger charge is 2.26. The Hall–Kier alpha value is -0.900. The molecule has 3 nitrogen and oxygen atoms in total. The Morgan fingerprint density at radius 3 is 2.71 bits per heavy atom. The number of rotatable bonds is 4. The van der Waals surface area contributed by atoms with Gasteiger partial charge in [-0.15, -0.1) is 0 Å². The van der Waals surface area contributed by atoms with Crippen LogP contribution in [0.25, 0.3) is 0 Å². The Morgan fingerprint density at radius 2 is 2.12 bits per heavy atom. The van der Waals surface area contributed by atoms with Gasteiger partial charge < -0.3 is 15.3 Å². The normalized spacial score (nSPS) is 24.8. The molecule has 2 N–H and O–H groups in total. The van der Waals surface area contributed by atoms with Crippen molar-refractivity contribution in [1.29, 1.82) is 0 Å². The highest BCUT2D eigenvalue weighted by molar-refractivity contribution is 5.21. The number of nitrogens with one attached hydrogen (secondary N) is 1. The van der Waals surface area contributed by atoms with Crippen molar-refractivity contribution < 1.29 is 5.11 Å². The van der Waals surface area contributed by atoms with Gasteiger partial charge in [-0.25, -0.2) is 0 Å². The lowest BCUT2D eigenvalue weighted by Crippen LogP contribution is -2.41. The average molecular weight is 234 g/mol. The van der Waals surface area contributed by atoms with Crippen LogP contribution in [0.3, 0.4) is 0 Å². The third-order valence-corrected chi connectivity index (χ3v) is 3.52. The number of likely N-dealkylation sites (tertiary alicyclic amines) is 1. The zero-order valence-electron chi connectivity index (χ0n) is 10.7. The Labute approximate surface area is 103 Å². The standard InChI is InChI=1S/C14H22N2O/c1-14(17,12-6-4-3-5-7-12)11-15-13-8-9-16(2)10-13/h3-7,13,15,17H,8-11H2,1-2H3. The first-order chi connectivity index (χ1) is 8.08. The van der Waals surface area contributed by atoms with E-state index >= 15 is 0 Å². The van der Waals surface area contributed by atoms with E-state index in [4.69, 9.17) is 0 Å². The summed E-state index contributed by atoms with van der Waals surface area (Å²) in [4.78, 5) is 2.31. The fourth-order valence-electron chi connectivity index (χ4n) is 2.34. The second-order valence-electron chi connectivity index (χ2n) is 5.27. The topological polar surface area (TPSA) is 35.5 Å². The van der Waals surface area contributed by atoms with E-state index in [0.29, 0.717) is 12.6 Å². The fourth-order valence-corrected chi connectivity index (χ4v) is 2.34. The van der Waals surface area contributed by atoms with E-state index in [-0.39, 0.29) is 0 Å². The van der Waals surface area contributed by atoms with E-state index in [9.17, 15) is 5.11 Å². The van der Waals surface area contributed by atoms with Crippen molar-refractivity contribution in [1.82, 2.24) is 10.2 Å². The van der Waals surface area contributed by atoms with Crippen molar-refractivity contribution in [2.45, 2.75) is 25.0 Å². The molecule has 2 rings (SSSR count). The van der Waals surface area contributed by atoms with Crippen molar-refractivity contribution in [3.05, 3.63) is 35.9 Å². The molecular formula is C14H22N2O. The van der Waals surface area contributed by atoms with Crippen molar-refractivity contribution in [3.63, 3.8) is 0 Å². The minimum atomic E-state index is -0.789. The summed E-state index contributed by atoms with van der Waals surface area (Å²) in [6.45, 7) is 4.69. The van der Waals surface area contributed by atoms with Gasteiger partial charge in [0.25, 0.3) is 0 Å². The van der Waals surface area contributed by atoms with E-state index < -0.39 is 5.60 Å². The van der Waals surface area contributed by atoms with E-state index in [1.807, 2.05) is 37.3 Å². The maximum Gasteiger partial charge on any atom is 0.0992 e. The summed E-state index contributed by atoms with van der Waals surface area (Å²) in [5, 5.41) is 13.9. The van der Waals surface area contributed by atoms with Gasteiger partial charge in [0.2, 0.25) is 0 Å². The lowest BCUT2D eigenvalue weighted by molar-refractivity contribution is 0.0541. The Morgan fingerprint density at radius 1 is 1.41 bits per heavy atom. The number of aliphatic hydroxyl groups is 1. The van der Waals surface area contributed by atoms with Gasteiger partial charge in [-0.2, -0.15) is 0 Å². The van der Waals surface area contributed by atoms with Crippen molar-refractivity contribution in [2.24, 2.45) is 0 Å². The van der Waals surface area contributed by atoms with Crippen LogP contribution < -0.4 is 5.32 Å². The van der Waals surface area contributed by atoms with Gasteiger partial charge in [-0.3, -0.25) is 0 Å². The molecule has 2 unspecified atom stereocenters. The molecule has 1 aromatic carbocycles. The average Bonchev–Trinajstić information content (AvgIpc) is 2.74. The Bertz CT molecular complexity index is 350. The molecule has 1 aliphatic rings. The molecular weight excluding hydrogens is 212 g/mol. The first kappa shape index (κ1) is 12.6. The number of hydrogen-bond acceptors (Lipinski definition) is 3. The smallest absolute Gasteiger partial charge is 0.0992 e. The molecule has 0 saturated carbocycles. The monoisotopic (exact) mass is 234 g/mol. The maximum atomic E-state index is 10.4. The maximum absolute atomic E-state index is 10.4. The summed E-state index contributed by atoms with van der Waals surface area (Å²) in [5.41, 5.74) is 0.182. The van der Waals surface area contributed by atoms with E-state index in [1.165, 1.54) is 6.42 Å². The number of nitrogens with zero attached hydrogens (tertiary/aromatic N) is 1. The predicted octanol–water partition coefficient (Wildman–Crippen LogP) is 1.19. The van der Waals surface area contributed by atoms with Crippen LogP contribution in [0.5, 0.6) is 0 Å². The third kappa shape index (κ3) is 3.28. The predicted molar refractivity (Wildman–Crippen MR) is 69.9 cm³/mol. The summed E-state index contributed by atoms with van der Waals surface area (Å²) in [5.74, 6) is 0. The second kappa shape index (κ2) is 5.17. The zero-order chi connectivity index (χ0) is 12.3. The molecule has 1 heterocycles. The lowest BCUT2D eigenvalue weighted by Gasteiger charge is -2.26. The van der Waals surface area contributed by atoms with Gasteiger partial charge >= 0.3 is 0 Å². The number of benzene rings is 1. The van der Waals surface area contributed by atoms with Crippen LogP contribution in [0.4, 0.5) is 0 Å². The SMILES string of the molecule is CN1CCC(NCC(C)(O)c2ccccc2)C1. The van der Waals surface area contributed by atoms with Gasteiger partial charge in [0.1, 0.15) is 0 Å². The molecule has 2 atom stereocenters. The fraction of sp³-hybridized carbons (Fsp3) is 0.571. The first-order valence-corrected chi connectivity index (χ1v) is 6.28. The summed E-state index contributed by atoms with van der Waals surface area (Å²) in [6, 6.07) is 10.4. The van der Waals surface area contributed by atoms with Gasteiger partial charge in [0.05, 0.1) is 5.60 Å². The molecule has 0 radical (unpaired) electrons. The molecule has 1 aliphatic heterocycles. The highest BCUT2D eigenvalue weighted by atomic mass is 16.3. The van der Waals surface area contributed by atoms with Gasteiger partial charge in [-0.05, 0) is 32.5 Å². The van der Waals surface area contributed by atoms with Gasteiger partial charge in [0, 0.05) is 19.1 Å². The van der Waals surface area contributed by atoms with E-state index in [2.05, 4.69) is 17.3 Å². The first-order valence-electron chi connectivity index (χ1n) is 6.28. The molecule has 1 fully saturated rings. The molecule has 1 aromatic rings. The lowest BCUT2D eigenvalue weighted by atomic mass is 9.96. The minimum absolute atomic E-state index is 0.509. The van der Waals surface area contributed by atoms with E-state index in [0.717, 1.165) is 18.7 Å². The van der Waals surface area contributed by atoms with E-state index in [1.54, 1.807) is 0 Å². The van der Waals surface area contributed by atoms with Gasteiger partial charge in [-0.1, -0.05) is 30.3 Å². The molecule has 0 amide bonds. The van der Waals surface area contributed by atoms with Crippen LogP contribution in [0, 0.1) is 0 Å².